The van der Waals surface area contributed by atoms with Crippen molar-refractivity contribution < 1.29 is 4.42 Å². The molecule has 0 aliphatic rings. The fourth-order valence-electron chi connectivity index (χ4n) is 3.60. The van der Waals surface area contributed by atoms with E-state index in [4.69, 9.17) is 4.42 Å². The van der Waals surface area contributed by atoms with Gasteiger partial charge < -0.3 is 4.42 Å². The Morgan fingerprint density at radius 1 is 0.692 bits per heavy atom. The molecule has 124 valence electrons. The van der Waals surface area contributed by atoms with E-state index in [9.17, 15) is 4.79 Å². The monoisotopic (exact) mass is 336 g/mol. The Hall–Kier alpha value is -3.39. The van der Waals surface area contributed by atoms with Gasteiger partial charge in [-0.3, -0.25) is 4.79 Å². The van der Waals surface area contributed by atoms with Gasteiger partial charge in [0.05, 0.1) is 10.8 Å². The number of aryl methyl sites for hydroxylation is 1. The van der Waals surface area contributed by atoms with Crippen LogP contribution in [0.4, 0.5) is 0 Å². The van der Waals surface area contributed by atoms with Crippen molar-refractivity contribution in [1.29, 1.82) is 0 Å². The van der Waals surface area contributed by atoms with Crippen LogP contribution in [0.1, 0.15) is 5.56 Å². The molecule has 0 amide bonds. The number of hydrogen-bond acceptors (Lipinski definition) is 2. The van der Waals surface area contributed by atoms with Crippen LogP contribution in [0, 0.1) is 6.92 Å². The molecule has 26 heavy (non-hydrogen) atoms. The first-order valence-corrected chi connectivity index (χ1v) is 8.67. The van der Waals surface area contributed by atoms with Crippen LogP contribution < -0.4 is 5.43 Å². The second-order valence-electron chi connectivity index (χ2n) is 6.64. The van der Waals surface area contributed by atoms with Crippen molar-refractivity contribution in [2.75, 3.05) is 0 Å². The average Bonchev–Trinajstić information content (AvgIpc) is 2.69. The van der Waals surface area contributed by atoms with Gasteiger partial charge in [-0.1, -0.05) is 66.2 Å². The van der Waals surface area contributed by atoms with Crippen molar-refractivity contribution >= 4 is 32.7 Å². The number of fused-ring (bicyclic) bond motifs is 4. The molecule has 0 bridgehead atoms. The molecule has 5 rings (SSSR count). The van der Waals surface area contributed by atoms with Gasteiger partial charge in [-0.05, 0) is 41.6 Å². The van der Waals surface area contributed by atoms with Gasteiger partial charge >= 0.3 is 0 Å². The maximum atomic E-state index is 13.1. The summed E-state index contributed by atoms with van der Waals surface area (Å²) in [5, 5.41) is 3.29. The highest BCUT2D eigenvalue weighted by atomic mass is 16.3. The summed E-state index contributed by atoms with van der Waals surface area (Å²) in [4.78, 5) is 13.1. The van der Waals surface area contributed by atoms with Gasteiger partial charge in [-0.2, -0.15) is 0 Å². The molecule has 1 aromatic heterocycles. The molecule has 0 aliphatic carbocycles. The smallest absolute Gasteiger partial charge is 0.200 e. The minimum Gasteiger partial charge on any atom is -0.455 e. The molecule has 0 N–H and O–H groups in total. The Labute approximate surface area is 150 Å². The summed E-state index contributed by atoms with van der Waals surface area (Å²) in [5.41, 5.74) is 4.65. The van der Waals surface area contributed by atoms with E-state index in [0.717, 1.165) is 21.9 Å². The van der Waals surface area contributed by atoms with Crippen molar-refractivity contribution in [1.82, 2.24) is 0 Å². The normalized spacial score (nSPS) is 11.4. The zero-order valence-corrected chi connectivity index (χ0v) is 14.3. The summed E-state index contributed by atoms with van der Waals surface area (Å²) in [5.74, 6) is 0. The highest BCUT2D eigenvalue weighted by Gasteiger charge is 2.14. The number of para-hydroxylation sites is 1. The topological polar surface area (TPSA) is 30.2 Å². The van der Waals surface area contributed by atoms with Crippen molar-refractivity contribution in [3.05, 3.63) is 94.6 Å². The first kappa shape index (κ1) is 14.9. The Bertz CT molecular complexity index is 1340. The average molecular weight is 336 g/mol. The molecule has 0 aliphatic heterocycles. The fraction of sp³-hybridized carbons (Fsp3) is 0.0417. The van der Waals surface area contributed by atoms with Crippen molar-refractivity contribution in [2.24, 2.45) is 0 Å². The molecular formula is C24H16O2. The summed E-state index contributed by atoms with van der Waals surface area (Å²) in [7, 11) is 0. The van der Waals surface area contributed by atoms with E-state index < -0.39 is 0 Å². The van der Waals surface area contributed by atoms with Gasteiger partial charge in [0.15, 0.2) is 0 Å². The van der Waals surface area contributed by atoms with Crippen LogP contribution in [-0.4, -0.2) is 0 Å². The summed E-state index contributed by atoms with van der Waals surface area (Å²) in [6.07, 6.45) is 0. The summed E-state index contributed by atoms with van der Waals surface area (Å²) in [6, 6.07) is 25.9. The molecule has 0 atom stereocenters. The predicted molar refractivity (Wildman–Crippen MR) is 108 cm³/mol. The largest absolute Gasteiger partial charge is 0.455 e. The van der Waals surface area contributed by atoms with Gasteiger partial charge in [0.1, 0.15) is 11.2 Å². The maximum Gasteiger partial charge on any atom is 0.200 e. The third kappa shape index (κ3) is 2.16. The van der Waals surface area contributed by atoms with Gasteiger partial charge in [0, 0.05) is 5.39 Å². The molecule has 0 radical (unpaired) electrons. The lowest BCUT2D eigenvalue weighted by Gasteiger charge is -2.11. The van der Waals surface area contributed by atoms with Gasteiger partial charge in [-0.25, -0.2) is 0 Å². The zero-order chi connectivity index (χ0) is 17.7. The summed E-state index contributed by atoms with van der Waals surface area (Å²) in [6.45, 7) is 2.07. The minimum atomic E-state index is 0.0148. The van der Waals surface area contributed by atoms with E-state index in [1.54, 1.807) is 0 Å². The van der Waals surface area contributed by atoms with Crippen LogP contribution in [0.3, 0.4) is 0 Å². The van der Waals surface area contributed by atoms with Crippen molar-refractivity contribution in [3.8, 4) is 11.1 Å². The third-order valence-corrected chi connectivity index (χ3v) is 4.95. The van der Waals surface area contributed by atoms with Gasteiger partial charge in [0.25, 0.3) is 0 Å². The van der Waals surface area contributed by atoms with Crippen molar-refractivity contribution in [2.45, 2.75) is 6.92 Å². The lowest BCUT2D eigenvalue weighted by atomic mass is 9.95. The Kier molecular flexibility index (Phi) is 3.19. The van der Waals surface area contributed by atoms with Crippen molar-refractivity contribution in [3.63, 3.8) is 0 Å². The standard InChI is InChI=1S/C24H16O2/c1-15-10-12-16(13-11-15)20-14-21-23(25)19-8-4-5-9-22(19)26-24(21)18-7-3-2-6-17(18)20/h2-14H,1H3. The first-order chi connectivity index (χ1) is 12.7. The van der Waals surface area contributed by atoms with E-state index >= 15 is 0 Å². The van der Waals surface area contributed by atoms with Gasteiger partial charge in [-0.15, -0.1) is 0 Å². The maximum absolute atomic E-state index is 13.1. The summed E-state index contributed by atoms with van der Waals surface area (Å²) >= 11 is 0. The molecule has 0 unspecified atom stereocenters. The predicted octanol–water partition coefficient (Wildman–Crippen LogP) is 6.07. The van der Waals surface area contributed by atoms with Crippen LogP contribution in [0.25, 0.3) is 43.8 Å². The van der Waals surface area contributed by atoms with Crippen LogP contribution in [0.5, 0.6) is 0 Å². The van der Waals surface area contributed by atoms with Crippen LogP contribution in [0.15, 0.2) is 88.1 Å². The number of hydrogen-bond donors (Lipinski definition) is 0. The molecule has 4 aromatic carbocycles. The number of rotatable bonds is 1. The first-order valence-electron chi connectivity index (χ1n) is 8.67. The summed E-state index contributed by atoms with van der Waals surface area (Å²) < 4.78 is 6.15. The minimum absolute atomic E-state index is 0.0148. The Balaban J connectivity index is 2.00. The van der Waals surface area contributed by atoms with Crippen LogP contribution in [0.2, 0.25) is 0 Å². The Morgan fingerprint density at radius 3 is 2.12 bits per heavy atom. The van der Waals surface area contributed by atoms with E-state index in [1.165, 1.54) is 5.56 Å². The van der Waals surface area contributed by atoms with E-state index in [0.29, 0.717) is 21.9 Å². The lowest BCUT2D eigenvalue weighted by molar-refractivity contribution is 0.664. The molecule has 0 saturated carbocycles. The molecule has 0 fully saturated rings. The molecular weight excluding hydrogens is 320 g/mol. The Morgan fingerprint density at radius 2 is 1.35 bits per heavy atom. The van der Waals surface area contributed by atoms with E-state index in [-0.39, 0.29) is 5.43 Å². The SMILES string of the molecule is Cc1ccc(-c2cc3c(=O)c4ccccc4oc3c3ccccc23)cc1. The van der Waals surface area contributed by atoms with Crippen LogP contribution in [-0.2, 0) is 0 Å². The zero-order valence-electron chi connectivity index (χ0n) is 14.3. The highest BCUT2D eigenvalue weighted by Crippen LogP contribution is 2.35. The van der Waals surface area contributed by atoms with E-state index in [1.807, 2.05) is 48.5 Å². The fourth-order valence-corrected chi connectivity index (χ4v) is 3.60. The third-order valence-electron chi connectivity index (χ3n) is 4.95. The molecule has 2 nitrogen and oxygen atoms in total. The molecule has 5 aromatic rings. The molecule has 0 spiro atoms. The number of benzene rings is 4. The van der Waals surface area contributed by atoms with E-state index in [2.05, 4.69) is 37.3 Å². The highest BCUT2D eigenvalue weighted by molar-refractivity contribution is 6.12. The second kappa shape index (κ2) is 5.57. The van der Waals surface area contributed by atoms with Gasteiger partial charge in [0.2, 0.25) is 5.43 Å². The quantitative estimate of drug-likeness (QED) is 0.274. The van der Waals surface area contributed by atoms with Crippen LogP contribution >= 0.6 is 0 Å². The second-order valence-corrected chi connectivity index (χ2v) is 6.64. The lowest BCUT2D eigenvalue weighted by Crippen LogP contribution is -2.02. The molecule has 2 heteroatoms. The molecule has 1 heterocycles. The molecule has 0 saturated heterocycles.